The molecule has 4 fully saturated rings. The Morgan fingerprint density at radius 3 is 1.85 bits per heavy atom. The predicted octanol–water partition coefficient (Wildman–Crippen LogP) is 2.58. The van der Waals surface area contributed by atoms with Crippen molar-refractivity contribution in [3.05, 3.63) is 0 Å². The van der Waals surface area contributed by atoms with Gasteiger partial charge in [-0.2, -0.15) is 0 Å². The topological polar surface area (TPSA) is 20.2 Å². The molecule has 1 nitrogen and oxygen atoms in total. The quantitative estimate of drug-likeness (QED) is 0.657. The first-order valence-electron chi connectivity index (χ1n) is 5.94. The fraction of sp³-hybridized carbons (Fsp3) is 1.00. The number of aliphatic hydroxyl groups is 1. The van der Waals surface area contributed by atoms with Crippen LogP contribution >= 0.6 is 0 Å². The van der Waals surface area contributed by atoms with Crippen LogP contribution in [0, 0.1) is 23.7 Å². The maximum Gasteiger partial charge on any atom is 0.0701 e. The van der Waals surface area contributed by atoms with Crippen LogP contribution in [-0.2, 0) is 0 Å². The number of hydrogen-bond acceptors (Lipinski definition) is 1. The Hall–Kier alpha value is -0.0400. The molecule has 0 heterocycles. The molecule has 1 N–H and O–H groups in total. The maximum absolute atomic E-state index is 10.6. The van der Waals surface area contributed by atoms with Gasteiger partial charge in [-0.05, 0) is 62.2 Å². The zero-order chi connectivity index (χ0) is 9.05. The summed E-state index contributed by atoms with van der Waals surface area (Å²) in [6, 6.07) is 0. The number of hydrogen-bond donors (Lipinski definition) is 1. The highest BCUT2D eigenvalue weighted by molar-refractivity contribution is 5.06. The van der Waals surface area contributed by atoms with E-state index in [1.54, 1.807) is 0 Å². The van der Waals surface area contributed by atoms with E-state index < -0.39 is 0 Å². The van der Waals surface area contributed by atoms with E-state index in [0.717, 1.165) is 18.3 Å². The third kappa shape index (κ3) is 0.971. The molecule has 13 heavy (non-hydrogen) atoms. The molecule has 74 valence electrons. The Kier molecular flexibility index (Phi) is 1.59. The Morgan fingerprint density at radius 2 is 1.46 bits per heavy atom. The Bertz CT molecular complexity index is 193. The zero-order valence-electron chi connectivity index (χ0n) is 8.50. The van der Waals surface area contributed by atoms with Crippen LogP contribution in [0.15, 0.2) is 0 Å². The molecule has 0 atom stereocenters. The van der Waals surface area contributed by atoms with E-state index in [1.807, 2.05) is 0 Å². The Labute approximate surface area is 80.5 Å². The molecule has 0 amide bonds. The van der Waals surface area contributed by atoms with Crippen molar-refractivity contribution in [2.24, 2.45) is 23.7 Å². The standard InChI is InChI=1S/C12H20O/c1-2-12(13)10-4-8-3-9(6-10)7-11(12)5-8/h8-11,13H,2-7H2,1H3. The van der Waals surface area contributed by atoms with E-state index in [4.69, 9.17) is 0 Å². The summed E-state index contributed by atoms with van der Waals surface area (Å²) in [4.78, 5) is 0. The minimum atomic E-state index is -0.257. The Balaban J connectivity index is 1.93. The summed E-state index contributed by atoms with van der Waals surface area (Å²) >= 11 is 0. The van der Waals surface area contributed by atoms with Crippen molar-refractivity contribution in [3.8, 4) is 0 Å². The summed E-state index contributed by atoms with van der Waals surface area (Å²) in [7, 11) is 0. The zero-order valence-corrected chi connectivity index (χ0v) is 8.50. The van der Waals surface area contributed by atoms with Crippen LogP contribution in [0.5, 0.6) is 0 Å². The number of rotatable bonds is 1. The van der Waals surface area contributed by atoms with E-state index >= 15 is 0 Å². The Morgan fingerprint density at radius 1 is 1.00 bits per heavy atom. The molecule has 4 rings (SSSR count). The highest BCUT2D eigenvalue weighted by Crippen LogP contribution is 2.59. The largest absolute Gasteiger partial charge is 0.389 e. The molecule has 0 saturated heterocycles. The van der Waals surface area contributed by atoms with E-state index in [0.29, 0.717) is 11.8 Å². The smallest absolute Gasteiger partial charge is 0.0701 e. The lowest BCUT2D eigenvalue weighted by Crippen LogP contribution is -2.57. The van der Waals surface area contributed by atoms with Crippen LogP contribution in [0.4, 0.5) is 0 Å². The minimum Gasteiger partial charge on any atom is -0.389 e. The SMILES string of the molecule is CCC1(O)C2CC3CC(C2)CC1C3. The van der Waals surface area contributed by atoms with Gasteiger partial charge in [0.05, 0.1) is 5.60 Å². The third-order valence-corrected chi connectivity index (χ3v) is 5.12. The van der Waals surface area contributed by atoms with Crippen molar-refractivity contribution in [2.75, 3.05) is 0 Å². The predicted molar refractivity (Wildman–Crippen MR) is 52.3 cm³/mol. The lowest BCUT2D eigenvalue weighted by atomic mass is 9.49. The highest BCUT2D eigenvalue weighted by atomic mass is 16.3. The fourth-order valence-corrected chi connectivity index (χ4v) is 4.58. The molecule has 0 radical (unpaired) electrons. The molecule has 4 aliphatic carbocycles. The summed E-state index contributed by atoms with van der Waals surface area (Å²) in [5.41, 5.74) is -0.257. The van der Waals surface area contributed by atoms with Crippen LogP contribution in [0.25, 0.3) is 0 Å². The van der Waals surface area contributed by atoms with Gasteiger partial charge in [0.15, 0.2) is 0 Å². The van der Waals surface area contributed by atoms with Crippen molar-refractivity contribution < 1.29 is 5.11 Å². The van der Waals surface area contributed by atoms with Crippen LogP contribution in [-0.4, -0.2) is 10.7 Å². The van der Waals surface area contributed by atoms with Crippen molar-refractivity contribution in [2.45, 2.75) is 51.0 Å². The van der Waals surface area contributed by atoms with Gasteiger partial charge in [-0.3, -0.25) is 0 Å². The first-order valence-corrected chi connectivity index (χ1v) is 5.94. The molecule has 0 aromatic carbocycles. The summed E-state index contributed by atoms with van der Waals surface area (Å²) < 4.78 is 0. The van der Waals surface area contributed by atoms with Gasteiger partial charge >= 0.3 is 0 Å². The van der Waals surface area contributed by atoms with E-state index in [9.17, 15) is 5.11 Å². The van der Waals surface area contributed by atoms with Crippen LogP contribution < -0.4 is 0 Å². The maximum atomic E-state index is 10.6. The van der Waals surface area contributed by atoms with Gasteiger partial charge in [-0.15, -0.1) is 0 Å². The summed E-state index contributed by atoms with van der Waals surface area (Å²) in [5.74, 6) is 3.28. The minimum absolute atomic E-state index is 0.257. The van der Waals surface area contributed by atoms with Gasteiger partial charge in [0.25, 0.3) is 0 Å². The third-order valence-electron chi connectivity index (χ3n) is 5.12. The fourth-order valence-electron chi connectivity index (χ4n) is 4.58. The molecule has 0 unspecified atom stereocenters. The second-order valence-electron chi connectivity index (χ2n) is 5.65. The van der Waals surface area contributed by atoms with Crippen LogP contribution in [0.1, 0.15) is 45.4 Å². The van der Waals surface area contributed by atoms with E-state index in [1.165, 1.54) is 32.1 Å². The second-order valence-corrected chi connectivity index (χ2v) is 5.65. The van der Waals surface area contributed by atoms with Gasteiger partial charge in [-0.25, -0.2) is 0 Å². The van der Waals surface area contributed by atoms with E-state index in [-0.39, 0.29) is 5.60 Å². The monoisotopic (exact) mass is 180 g/mol. The molecule has 4 aliphatic rings. The molecular formula is C12H20O. The average Bonchev–Trinajstić information content (AvgIpc) is 2.13. The highest BCUT2D eigenvalue weighted by Gasteiger charge is 2.55. The van der Waals surface area contributed by atoms with Crippen LogP contribution in [0.2, 0.25) is 0 Å². The second kappa shape index (κ2) is 2.50. The molecular weight excluding hydrogens is 160 g/mol. The molecule has 0 aliphatic heterocycles. The summed E-state index contributed by atoms with van der Waals surface area (Å²) in [6.45, 7) is 2.17. The van der Waals surface area contributed by atoms with Gasteiger partial charge < -0.3 is 5.11 Å². The lowest BCUT2D eigenvalue weighted by Gasteiger charge is -2.58. The average molecular weight is 180 g/mol. The molecule has 0 aromatic rings. The van der Waals surface area contributed by atoms with Crippen molar-refractivity contribution >= 4 is 0 Å². The first-order chi connectivity index (χ1) is 6.22. The van der Waals surface area contributed by atoms with Gasteiger partial charge in [0.1, 0.15) is 0 Å². The van der Waals surface area contributed by atoms with Gasteiger partial charge in [0.2, 0.25) is 0 Å². The van der Waals surface area contributed by atoms with Crippen molar-refractivity contribution in [3.63, 3.8) is 0 Å². The van der Waals surface area contributed by atoms with Gasteiger partial charge in [0, 0.05) is 0 Å². The lowest BCUT2D eigenvalue weighted by molar-refractivity contribution is -0.173. The summed E-state index contributed by atoms with van der Waals surface area (Å²) in [6.07, 6.45) is 7.79. The first kappa shape index (κ1) is 8.28. The molecule has 4 bridgehead atoms. The molecule has 0 aromatic heterocycles. The normalized spacial score (nSPS) is 58.6. The summed E-state index contributed by atoms with van der Waals surface area (Å²) in [5, 5.41) is 10.6. The molecule has 4 saturated carbocycles. The van der Waals surface area contributed by atoms with Crippen LogP contribution in [0.3, 0.4) is 0 Å². The van der Waals surface area contributed by atoms with E-state index in [2.05, 4.69) is 6.92 Å². The molecule has 0 spiro atoms. The van der Waals surface area contributed by atoms with Crippen molar-refractivity contribution in [1.82, 2.24) is 0 Å². The van der Waals surface area contributed by atoms with Gasteiger partial charge in [-0.1, -0.05) is 6.92 Å². The molecule has 1 heteroatoms. The van der Waals surface area contributed by atoms with Crippen molar-refractivity contribution in [1.29, 1.82) is 0 Å².